The molecule has 3 N–H and O–H groups in total. The molecule has 0 aliphatic heterocycles. The maximum absolute atomic E-state index is 13.1. The number of carbonyl (C=O) groups is 3. The van der Waals surface area contributed by atoms with Crippen LogP contribution < -0.4 is 16.1 Å². The molecule has 0 saturated heterocycles. The first-order valence-corrected chi connectivity index (χ1v) is 12.5. The highest BCUT2D eigenvalue weighted by molar-refractivity contribution is 9.10. The highest BCUT2D eigenvalue weighted by Crippen LogP contribution is 2.24. The standard InChI is InChI=1S/C28H27BrN4O3/c1-3-4-5-19-8-13-23(14-9-19)31-27(35)28(36)32-33-24-15-10-21(29)16-20(24)17-25(33)26(34)30-22-11-6-18(2)7-12-22/h6-17H,3-5H2,1-2H3,(H,30,34)(H,31,35)(H,32,36). The number of nitrogens with one attached hydrogen (secondary N) is 3. The molecule has 1 aromatic heterocycles. The Kier molecular flexibility index (Phi) is 7.85. The summed E-state index contributed by atoms with van der Waals surface area (Å²) < 4.78 is 2.16. The molecule has 0 radical (unpaired) electrons. The quantitative estimate of drug-likeness (QED) is 0.247. The number of unbranched alkanes of at least 4 members (excludes halogenated alkanes) is 1. The van der Waals surface area contributed by atoms with Gasteiger partial charge in [-0.1, -0.05) is 59.1 Å². The molecule has 0 bridgehead atoms. The molecule has 0 aliphatic carbocycles. The summed E-state index contributed by atoms with van der Waals surface area (Å²) in [5.41, 5.74) is 6.73. The van der Waals surface area contributed by atoms with Gasteiger partial charge in [0.1, 0.15) is 5.69 Å². The number of carbonyl (C=O) groups excluding carboxylic acids is 3. The van der Waals surface area contributed by atoms with Crippen LogP contribution in [-0.4, -0.2) is 22.4 Å². The Morgan fingerprint density at radius 3 is 2.19 bits per heavy atom. The van der Waals surface area contributed by atoms with Gasteiger partial charge in [0, 0.05) is 21.2 Å². The van der Waals surface area contributed by atoms with E-state index in [1.54, 1.807) is 42.5 Å². The molecule has 0 atom stereocenters. The van der Waals surface area contributed by atoms with E-state index in [9.17, 15) is 14.4 Å². The monoisotopic (exact) mass is 546 g/mol. The molecule has 36 heavy (non-hydrogen) atoms. The van der Waals surface area contributed by atoms with E-state index in [2.05, 4.69) is 38.9 Å². The lowest BCUT2D eigenvalue weighted by Gasteiger charge is -2.13. The van der Waals surface area contributed by atoms with Crippen molar-refractivity contribution in [2.75, 3.05) is 16.1 Å². The second kappa shape index (κ2) is 11.2. The van der Waals surface area contributed by atoms with Crippen LogP contribution in [0.2, 0.25) is 0 Å². The molecule has 0 aliphatic rings. The molecule has 0 saturated carbocycles. The summed E-state index contributed by atoms with van der Waals surface area (Å²) in [6.07, 6.45) is 3.17. The zero-order chi connectivity index (χ0) is 25.7. The van der Waals surface area contributed by atoms with E-state index in [1.807, 2.05) is 37.3 Å². The molecule has 7 nitrogen and oxygen atoms in total. The Hall–Kier alpha value is -3.91. The zero-order valence-corrected chi connectivity index (χ0v) is 21.7. The Morgan fingerprint density at radius 1 is 0.833 bits per heavy atom. The molecule has 0 fully saturated rings. The first kappa shape index (κ1) is 25.2. The van der Waals surface area contributed by atoms with Gasteiger partial charge < -0.3 is 10.6 Å². The second-order valence-electron chi connectivity index (χ2n) is 8.58. The molecule has 0 spiro atoms. The summed E-state index contributed by atoms with van der Waals surface area (Å²) in [4.78, 5) is 38.6. The van der Waals surface area contributed by atoms with Crippen molar-refractivity contribution >= 4 is 55.9 Å². The van der Waals surface area contributed by atoms with Crippen LogP contribution in [0.1, 0.15) is 41.4 Å². The zero-order valence-electron chi connectivity index (χ0n) is 20.1. The molecule has 184 valence electrons. The van der Waals surface area contributed by atoms with Crippen molar-refractivity contribution in [3.8, 4) is 0 Å². The van der Waals surface area contributed by atoms with E-state index in [1.165, 1.54) is 10.2 Å². The van der Waals surface area contributed by atoms with Crippen molar-refractivity contribution in [1.29, 1.82) is 0 Å². The normalized spacial score (nSPS) is 10.8. The average Bonchev–Trinajstić information content (AvgIpc) is 3.22. The predicted molar refractivity (Wildman–Crippen MR) is 147 cm³/mol. The molecule has 3 aromatic carbocycles. The van der Waals surface area contributed by atoms with Crippen molar-refractivity contribution < 1.29 is 14.4 Å². The Bertz CT molecular complexity index is 1410. The highest BCUT2D eigenvalue weighted by atomic mass is 79.9. The number of rotatable bonds is 7. The summed E-state index contributed by atoms with van der Waals surface area (Å²) in [6.45, 7) is 4.10. The summed E-state index contributed by atoms with van der Waals surface area (Å²) in [6, 6.07) is 21.9. The number of fused-ring (bicyclic) bond motifs is 1. The maximum Gasteiger partial charge on any atom is 0.328 e. The fourth-order valence-corrected chi connectivity index (χ4v) is 4.16. The van der Waals surface area contributed by atoms with Crippen LogP contribution in [0.3, 0.4) is 0 Å². The number of aryl methyl sites for hydroxylation is 2. The molecule has 4 rings (SSSR count). The lowest BCUT2D eigenvalue weighted by Crippen LogP contribution is -2.36. The first-order chi connectivity index (χ1) is 17.3. The van der Waals surface area contributed by atoms with Gasteiger partial charge in [-0.2, -0.15) is 0 Å². The minimum atomic E-state index is -0.894. The average molecular weight is 547 g/mol. The third kappa shape index (κ3) is 6.01. The van der Waals surface area contributed by atoms with E-state index < -0.39 is 17.7 Å². The van der Waals surface area contributed by atoms with Gasteiger partial charge in [-0.25, -0.2) is 4.68 Å². The van der Waals surface area contributed by atoms with Gasteiger partial charge in [0.05, 0.1) is 5.52 Å². The third-order valence-electron chi connectivity index (χ3n) is 5.76. The second-order valence-corrected chi connectivity index (χ2v) is 9.50. The fourth-order valence-electron chi connectivity index (χ4n) is 3.78. The van der Waals surface area contributed by atoms with Gasteiger partial charge in [-0.3, -0.25) is 19.8 Å². The van der Waals surface area contributed by atoms with E-state index in [0.29, 0.717) is 16.9 Å². The van der Waals surface area contributed by atoms with Gasteiger partial charge in [0.25, 0.3) is 5.91 Å². The number of nitrogens with zero attached hydrogens (tertiary/aromatic N) is 1. The summed E-state index contributed by atoms with van der Waals surface area (Å²) in [7, 11) is 0. The predicted octanol–water partition coefficient (Wildman–Crippen LogP) is 6.02. The minimum Gasteiger partial charge on any atom is -0.321 e. The Labute approximate surface area is 218 Å². The van der Waals surface area contributed by atoms with Gasteiger partial charge >= 0.3 is 11.8 Å². The Balaban J connectivity index is 1.54. The lowest BCUT2D eigenvalue weighted by atomic mass is 10.1. The first-order valence-electron chi connectivity index (χ1n) is 11.7. The van der Waals surface area contributed by atoms with E-state index in [-0.39, 0.29) is 5.69 Å². The SMILES string of the molecule is CCCCc1ccc(NC(=O)C(=O)Nn2c(C(=O)Nc3ccc(C)cc3)cc3cc(Br)ccc32)cc1. The number of hydrogen-bond acceptors (Lipinski definition) is 3. The van der Waals surface area contributed by atoms with Gasteiger partial charge in [0.2, 0.25) is 0 Å². The Morgan fingerprint density at radius 2 is 1.50 bits per heavy atom. The van der Waals surface area contributed by atoms with Crippen molar-refractivity contribution in [1.82, 2.24) is 4.68 Å². The van der Waals surface area contributed by atoms with Gasteiger partial charge in [-0.15, -0.1) is 0 Å². The number of aromatic nitrogens is 1. The number of halogens is 1. The topological polar surface area (TPSA) is 92.2 Å². The summed E-state index contributed by atoms with van der Waals surface area (Å²) in [5, 5.41) is 6.18. The summed E-state index contributed by atoms with van der Waals surface area (Å²) >= 11 is 3.43. The van der Waals surface area contributed by atoms with Crippen LogP contribution in [-0.2, 0) is 16.0 Å². The van der Waals surface area contributed by atoms with Crippen LogP contribution in [0.15, 0.2) is 77.3 Å². The van der Waals surface area contributed by atoms with Crippen molar-refractivity contribution in [2.45, 2.75) is 33.1 Å². The largest absolute Gasteiger partial charge is 0.328 e. The molecule has 8 heteroatoms. The van der Waals surface area contributed by atoms with Gasteiger partial charge in [-0.05, 0) is 73.9 Å². The van der Waals surface area contributed by atoms with E-state index in [4.69, 9.17) is 0 Å². The van der Waals surface area contributed by atoms with Crippen LogP contribution in [0.4, 0.5) is 11.4 Å². The van der Waals surface area contributed by atoms with Crippen LogP contribution in [0, 0.1) is 6.92 Å². The van der Waals surface area contributed by atoms with Crippen molar-refractivity contribution in [2.24, 2.45) is 0 Å². The smallest absolute Gasteiger partial charge is 0.321 e. The molecule has 3 amide bonds. The summed E-state index contributed by atoms with van der Waals surface area (Å²) in [5.74, 6) is -2.15. The molecule has 4 aromatic rings. The molecule has 1 heterocycles. The van der Waals surface area contributed by atoms with Crippen molar-refractivity contribution in [3.63, 3.8) is 0 Å². The van der Waals surface area contributed by atoms with Crippen LogP contribution in [0.5, 0.6) is 0 Å². The third-order valence-corrected chi connectivity index (χ3v) is 6.25. The van der Waals surface area contributed by atoms with Crippen LogP contribution >= 0.6 is 15.9 Å². The van der Waals surface area contributed by atoms with E-state index >= 15 is 0 Å². The molecular weight excluding hydrogens is 520 g/mol. The lowest BCUT2D eigenvalue weighted by molar-refractivity contribution is -0.133. The fraction of sp³-hybridized carbons (Fsp3) is 0.179. The maximum atomic E-state index is 13.1. The number of amides is 3. The van der Waals surface area contributed by atoms with Crippen LogP contribution in [0.25, 0.3) is 10.9 Å². The highest BCUT2D eigenvalue weighted by Gasteiger charge is 2.21. The number of hydrogen-bond donors (Lipinski definition) is 3. The van der Waals surface area contributed by atoms with Crippen molar-refractivity contribution in [3.05, 3.63) is 94.1 Å². The van der Waals surface area contributed by atoms with E-state index in [0.717, 1.165) is 34.7 Å². The molecular formula is C28H27BrN4O3. The molecule has 0 unspecified atom stereocenters. The number of benzene rings is 3. The van der Waals surface area contributed by atoms with Gasteiger partial charge in [0.15, 0.2) is 0 Å². The number of anilines is 2. The minimum absolute atomic E-state index is 0.185.